The molecule has 0 spiro atoms. The Morgan fingerprint density at radius 1 is 0.818 bits per heavy atom. The third-order valence-corrected chi connectivity index (χ3v) is 4.84. The second kappa shape index (κ2) is 12.1. The van der Waals surface area contributed by atoms with Crippen LogP contribution in [0, 0.1) is 0 Å². The zero-order chi connectivity index (χ0) is 16.1. The standard InChI is InChI=1S/C20H40NO/c1-4-7-10-11-12-13-14-17-21(15-8-5-2,16-9-6-3)18-20-19-22-20/h10-11,20H,4-9,12-19H2,1-3H3/q+1/b11-10+. The molecule has 0 saturated carbocycles. The van der Waals surface area contributed by atoms with Crippen molar-refractivity contribution in [3.05, 3.63) is 12.2 Å². The van der Waals surface area contributed by atoms with Gasteiger partial charge in [0.15, 0.2) is 0 Å². The number of rotatable bonds is 15. The lowest BCUT2D eigenvalue weighted by molar-refractivity contribution is -0.929. The lowest BCUT2D eigenvalue weighted by Gasteiger charge is -2.39. The van der Waals surface area contributed by atoms with E-state index in [2.05, 4.69) is 32.9 Å². The molecular formula is C20H40NO+. The monoisotopic (exact) mass is 310 g/mol. The maximum absolute atomic E-state index is 5.57. The van der Waals surface area contributed by atoms with Crippen molar-refractivity contribution in [3.63, 3.8) is 0 Å². The normalized spacial score (nSPS) is 18.2. The lowest BCUT2D eigenvalue weighted by Crippen LogP contribution is -2.52. The van der Waals surface area contributed by atoms with Gasteiger partial charge in [0.1, 0.15) is 12.6 Å². The Balaban J connectivity index is 2.39. The fourth-order valence-corrected chi connectivity index (χ4v) is 3.31. The number of epoxide rings is 1. The van der Waals surface area contributed by atoms with Gasteiger partial charge in [-0.05, 0) is 38.5 Å². The molecule has 0 aromatic carbocycles. The minimum atomic E-state index is 0.568. The van der Waals surface area contributed by atoms with Crippen molar-refractivity contribution < 1.29 is 9.22 Å². The summed E-state index contributed by atoms with van der Waals surface area (Å²) in [6, 6.07) is 0. The van der Waals surface area contributed by atoms with E-state index >= 15 is 0 Å². The first-order chi connectivity index (χ1) is 10.8. The van der Waals surface area contributed by atoms with Gasteiger partial charge in [0.25, 0.3) is 0 Å². The van der Waals surface area contributed by atoms with Gasteiger partial charge in [-0.25, -0.2) is 0 Å². The van der Waals surface area contributed by atoms with E-state index in [4.69, 9.17) is 4.74 Å². The molecular weight excluding hydrogens is 270 g/mol. The predicted molar refractivity (Wildman–Crippen MR) is 97.2 cm³/mol. The number of allylic oxidation sites excluding steroid dienone is 2. The average molecular weight is 311 g/mol. The van der Waals surface area contributed by atoms with Crippen molar-refractivity contribution in [3.8, 4) is 0 Å². The van der Waals surface area contributed by atoms with Crippen LogP contribution in [0.1, 0.15) is 78.6 Å². The highest BCUT2D eigenvalue weighted by atomic mass is 16.6. The average Bonchev–Trinajstić information content (AvgIpc) is 3.34. The summed E-state index contributed by atoms with van der Waals surface area (Å²) in [5.41, 5.74) is 0. The fourth-order valence-electron chi connectivity index (χ4n) is 3.31. The Morgan fingerprint density at radius 3 is 1.95 bits per heavy atom. The Morgan fingerprint density at radius 2 is 1.41 bits per heavy atom. The van der Waals surface area contributed by atoms with Crippen LogP contribution in [0.2, 0.25) is 0 Å². The summed E-state index contributed by atoms with van der Waals surface area (Å²) >= 11 is 0. The third kappa shape index (κ3) is 8.95. The van der Waals surface area contributed by atoms with Gasteiger partial charge in [-0.15, -0.1) is 0 Å². The Hall–Kier alpha value is -0.340. The van der Waals surface area contributed by atoms with Crippen LogP contribution in [0.15, 0.2) is 12.2 Å². The highest BCUT2D eigenvalue weighted by Gasteiger charge is 2.35. The summed E-state index contributed by atoms with van der Waals surface area (Å²) < 4.78 is 6.89. The van der Waals surface area contributed by atoms with E-state index in [1.54, 1.807) is 0 Å². The molecule has 1 saturated heterocycles. The molecule has 0 aliphatic carbocycles. The second-order valence-electron chi connectivity index (χ2n) is 7.11. The molecule has 0 N–H and O–H groups in total. The van der Waals surface area contributed by atoms with E-state index in [1.165, 1.54) is 88.4 Å². The maximum atomic E-state index is 5.57. The molecule has 2 nitrogen and oxygen atoms in total. The molecule has 1 aliphatic heterocycles. The van der Waals surface area contributed by atoms with Crippen LogP contribution in [0.25, 0.3) is 0 Å². The van der Waals surface area contributed by atoms with Crippen molar-refractivity contribution in [1.82, 2.24) is 0 Å². The highest BCUT2D eigenvalue weighted by molar-refractivity contribution is 4.80. The van der Waals surface area contributed by atoms with E-state index < -0.39 is 0 Å². The van der Waals surface area contributed by atoms with Crippen molar-refractivity contribution >= 4 is 0 Å². The van der Waals surface area contributed by atoms with Gasteiger partial charge in [-0.1, -0.05) is 52.2 Å². The molecule has 1 unspecified atom stereocenters. The number of nitrogens with zero attached hydrogens (tertiary/aromatic N) is 1. The van der Waals surface area contributed by atoms with E-state index in [9.17, 15) is 0 Å². The number of ether oxygens (including phenoxy) is 1. The smallest absolute Gasteiger partial charge is 0.130 e. The lowest BCUT2D eigenvalue weighted by atomic mass is 10.1. The molecule has 1 heterocycles. The number of quaternary nitrogens is 1. The maximum Gasteiger partial charge on any atom is 0.130 e. The minimum Gasteiger partial charge on any atom is -0.367 e. The van der Waals surface area contributed by atoms with Crippen LogP contribution in [-0.2, 0) is 4.74 Å². The van der Waals surface area contributed by atoms with Gasteiger partial charge in [0.05, 0.1) is 26.2 Å². The zero-order valence-corrected chi connectivity index (χ0v) is 15.5. The first-order valence-corrected chi connectivity index (χ1v) is 9.88. The van der Waals surface area contributed by atoms with Gasteiger partial charge in [-0.2, -0.15) is 0 Å². The first kappa shape index (κ1) is 19.7. The molecule has 0 radical (unpaired) electrons. The summed E-state index contributed by atoms with van der Waals surface area (Å²) in [5, 5.41) is 0. The third-order valence-electron chi connectivity index (χ3n) is 4.84. The molecule has 1 aliphatic rings. The molecule has 1 atom stereocenters. The van der Waals surface area contributed by atoms with Crippen molar-refractivity contribution in [2.45, 2.75) is 84.7 Å². The quantitative estimate of drug-likeness (QED) is 0.172. The largest absolute Gasteiger partial charge is 0.367 e. The van der Waals surface area contributed by atoms with Crippen molar-refractivity contribution in [1.29, 1.82) is 0 Å². The molecule has 0 amide bonds. The highest BCUT2D eigenvalue weighted by Crippen LogP contribution is 2.21. The Labute approximate surface area is 139 Å². The van der Waals surface area contributed by atoms with E-state index in [0.29, 0.717) is 6.10 Å². The molecule has 1 rings (SSSR count). The van der Waals surface area contributed by atoms with Gasteiger partial charge in [0, 0.05) is 0 Å². The molecule has 2 heteroatoms. The van der Waals surface area contributed by atoms with Crippen LogP contribution >= 0.6 is 0 Å². The summed E-state index contributed by atoms with van der Waals surface area (Å²) in [7, 11) is 0. The summed E-state index contributed by atoms with van der Waals surface area (Å²) in [5.74, 6) is 0. The Kier molecular flexibility index (Phi) is 10.9. The van der Waals surface area contributed by atoms with Gasteiger partial charge >= 0.3 is 0 Å². The molecule has 0 bridgehead atoms. The van der Waals surface area contributed by atoms with Crippen molar-refractivity contribution in [2.75, 3.05) is 32.8 Å². The van der Waals surface area contributed by atoms with Crippen molar-refractivity contribution in [2.24, 2.45) is 0 Å². The summed E-state index contributed by atoms with van der Waals surface area (Å²) in [6.45, 7) is 13.3. The summed E-state index contributed by atoms with van der Waals surface area (Å²) in [4.78, 5) is 0. The van der Waals surface area contributed by atoms with E-state index in [1.807, 2.05) is 0 Å². The first-order valence-electron chi connectivity index (χ1n) is 9.88. The van der Waals surface area contributed by atoms with E-state index in [-0.39, 0.29) is 0 Å². The van der Waals surface area contributed by atoms with Crippen LogP contribution in [0.3, 0.4) is 0 Å². The van der Waals surface area contributed by atoms with Gasteiger partial charge < -0.3 is 9.22 Å². The second-order valence-corrected chi connectivity index (χ2v) is 7.11. The van der Waals surface area contributed by atoms with Crippen LogP contribution in [0.5, 0.6) is 0 Å². The topological polar surface area (TPSA) is 12.5 Å². The summed E-state index contributed by atoms with van der Waals surface area (Å²) in [6.07, 6.45) is 17.2. The van der Waals surface area contributed by atoms with E-state index in [0.717, 1.165) is 6.61 Å². The molecule has 0 aromatic rings. The molecule has 130 valence electrons. The Bertz CT molecular complexity index is 275. The van der Waals surface area contributed by atoms with Crippen LogP contribution < -0.4 is 0 Å². The zero-order valence-electron chi connectivity index (χ0n) is 15.5. The predicted octanol–water partition coefficient (Wildman–Crippen LogP) is 5.33. The molecule has 0 aromatic heterocycles. The van der Waals surface area contributed by atoms with Crippen LogP contribution in [0.4, 0.5) is 0 Å². The fraction of sp³-hybridized carbons (Fsp3) is 0.900. The van der Waals surface area contributed by atoms with Gasteiger partial charge in [-0.3, -0.25) is 0 Å². The molecule has 22 heavy (non-hydrogen) atoms. The van der Waals surface area contributed by atoms with Gasteiger partial charge in [0.2, 0.25) is 0 Å². The SMILES string of the molecule is CCC/C=C/CCCC[N+](CCCC)(CCCC)CC1CO1. The number of unbranched alkanes of at least 4 members (excludes halogenated alkanes) is 5. The van der Waals surface area contributed by atoms with Crippen LogP contribution in [-0.4, -0.2) is 43.4 Å². The number of hydrogen-bond acceptors (Lipinski definition) is 1. The minimum absolute atomic E-state index is 0.568. The number of hydrogen-bond donors (Lipinski definition) is 0. The molecule has 1 fully saturated rings.